The summed E-state index contributed by atoms with van der Waals surface area (Å²) < 4.78 is 24.4. The molecule has 0 aliphatic heterocycles. The van der Waals surface area contributed by atoms with Gasteiger partial charge in [0.2, 0.25) is 0 Å². The molecule has 0 aromatic heterocycles. The van der Waals surface area contributed by atoms with Gasteiger partial charge in [0.15, 0.2) is 0 Å². The first kappa shape index (κ1) is 16.0. The van der Waals surface area contributed by atoms with Gasteiger partial charge in [-0.1, -0.05) is 48.0 Å². The Hall–Kier alpha value is -2.86. The number of hydrogen-bond acceptors (Lipinski definition) is 4. The maximum absolute atomic E-state index is 12.2. The Kier molecular flexibility index (Phi) is 4.22. The van der Waals surface area contributed by atoms with Crippen molar-refractivity contribution in [3.63, 3.8) is 0 Å². The minimum atomic E-state index is -3.74. The monoisotopic (exact) mass is 340 g/mol. The largest absolute Gasteiger partial charge is 0.507 e. The number of aryl methyl sites for hydroxylation is 1. The number of phenolic OH excluding ortho intramolecular Hbond substituents is 1. The zero-order valence-electron chi connectivity index (χ0n) is 13.0. The third-order valence-corrected chi connectivity index (χ3v) is 4.88. The summed E-state index contributed by atoms with van der Waals surface area (Å²) in [6.07, 6.45) is 1.31. The molecule has 0 fully saturated rings. The molecule has 0 spiro atoms. The summed E-state index contributed by atoms with van der Waals surface area (Å²) in [5.41, 5.74) is 1.43. The first-order valence-corrected chi connectivity index (χ1v) is 8.78. The number of nitrogens with zero attached hydrogens (tertiary/aromatic N) is 1. The molecule has 0 amide bonds. The molecule has 122 valence electrons. The van der Waals surface area contributed by atoms with Crippen LogP contribution in [0.25, 0.3) is 10.8 Å². The predicted molar refractivity (Wildman–Crippen MR) is 94.7 cm³/mol. The van der Waals surface area contributed by atoms with E-state index in [2.05, 4.69) is 9.93 Å². The maximum atomic E-state index is 12.2. The molecule has 0 unspecified atom stereocenters. The van der Waals surface area contributed by atoms with E-state index in [0.717, 1.165) is 16.3 Å². The molecule has 3 aromatic carbocycles. The number of rotatable bonds is 4. The second-order valence-electron chi connectivity index (χ2n) is 5.39. The Balaban J connectivity index is 1.89. The molecule has 0 saturated carbocycles. The number of sulfonamides is 1. The van der Waals surface area contributed by atoms with Crippen molar-refractivity contribution in [2.45, 2.75) is 11.8 Å². The zero-order valence-corrected chi connectivity index (χ0v) is 13.8. The molecule has 6 heteroatoms. The van der Waals surface area contributed by atoms with E-state index in [0.29, 0.717) is 5.56 Å². The lowest BCUT2D eigenvalue weighted by atomic mass is 10.0. The van der Waals surface area contributed by atoms with E-state index in [-0.39, 0.29) is 10.6 Å². The number of phenols is 1. The second-order valence-corrected chi connectivity index (χ2v) is 7.05. The van der Waals surface area contributed by atoms with Gasteiger partial charge in [0.05, 0.1) is 11.1 Å². The molecule has 3 aromatic rings. The Morgan fingerprint density at radius 2 is 1.71 bits per heavy atom. The van der Waals surface area contributed by atoms with Crippen molar-refractivity contribution < 1.29 is 13.5 Å². The van der Waals surface area contributed by atoms with Crippen LogP contribution >= 0.6 is 0 Å². The highest BCUT2D eigenvalue weighted by Crippen LogP contribution is 2.25. The Morgan fingerprint density at radius 1 is 1.00 bits per heavy atom. The predicted octanol–water partition coefficient (Wildman–Crippen LogP) is 3.17. The highest BCUT2D eigenvalue weighted by atomic mass is 32.2. The van der Waals surface area contributed by atoms with Crippen LogP contribution in [0.15, 0.2) is 70.7 Å². The lowest BCUT2D eigenvalue weighted by Crippen LogP contribution is -2.18. The van der Waals surface area contributed by atoms with Gasteiger partial charge in [-0.05, 0) is 35.9 Å². The third kappa shape index (κ3) is 3.23. The van der Waals surface area contributed by atoms with E-state index in [9.17, 15) is 13.5 Å². The molecule has 0 aliphatic rings. The Labute approximate surface area is 140 Å². The van der Waals surface area contributed by atoms with Gasteiger partial charge in [-0.3, -0.25) is 0 Å². The number of aromatic hydroxyl groups is 1. The summed E-state index contributed by atoms with van der Waals surface area (Å²) in [4.78, 5) is 2.30. The normalized spacial score (nSPS) is 11.9. The van der Waals surface area contributed by atoms with E-state index >= 15 is 0 Å². The van der Waals surface area contributed by atoms with Crippen molar-refractivity contribution in [2.24, 2.45) is 5.10 Å². The van der Waals surface area contributed by atoms with Crippen molar-refractivity contribution in [3.8, 4) is 5.75 Å². The summed E-state index contributed by atoms with van der Waals surface area (Å²) in [5, 5.41) is 15.5. The number of nitrogens with one attached hydrogen (secondary N) is 1. The topological polar surface area (TPSA) is 78.8 Å². The fourth-order valence-electron chi connectivity index (χ4n) is 2.35. The van der Waals surface area contributed by atoms with E-state index in [1.807, 2.05) is 31.2 Å². The van der Waals surface area contributed by atoms with Crippen LogP contribution in [0, 0.1) is 6.92 Å². The lowest BCUT2D eigenvalue weighted by molar-refractivity contribution is 0.475. The van der Waals surface area contributed by atoms with Gasteiger partial charge in [0.1, 0.15) is 5.75 Å². The van der Waals surface area contributed by atoms with E-state index < -0.39 is 10.0 Å². The van der Waals surface area contributed by atoms with Crippen LogP contribution in [-0.2, 0) is 10.0 Å². The van der Waals surface area contributed by atoms with Gasteiger partial charge in [-0.15, -0.1) is 0 Å². The summed E-state index contributed by atoms with van der Waals surface area (Å²) in [7, 11) is -3.74. The minimum Gasteiger partial charge on any atom is -0.507 e. The molecular weight excluding hydrogens is 324 g/mol. The first-order chi connectivity index (χ1) is 11.5. The van der Waals surface area contributed by atoms with Crippen LogP contribution in [0.5, 0.6) is 5.75 Å². The molecule has 0 heterocycles. The molecule has 0 aliphatic carbocycles. The van der Waals surface area contributed by atoms with Gasteiger partial charge >= 0.3 is 0 Å². The molecule has 0 saturated heterocycles. The van der Waals surface area contributed by atoms with Crippen LogP contribution in [-0.4, -0.2) is 19.7 Å². The second kappa shape index (κ2) is 6.33. The molecule has 5 nitrogen and oxygen atoms in total. The SMILES string of the molecule is Cc1ccc(S(=O)(=O)N/N=C\c2c(O)ccc3ccccc23)cc1. The number of hydrogen-bond donors (Lipinski definition) is 2. The molecular formula is C18H16N2O3S. The van der Waals surface area contributed by atoms with Gasteiger partial charge < -0.3 is 5.11 Å². The smallest absolute Gasteiger partial charge is 0.276 e. The quantitative estimate of drug-likeness (QED) is 0.565. The van der Waals surface area contributed by atoms with Crippen LogP contribution in [0.4, 0.5) is 0 Å². The van der Waals surface area contributed by atoms with Crippen molar-refractivity contribution in [1.82, 2.24) is 4.83 Å². The van der Waals surface area contributed by atoms with Crippen LogP contribution in [0.3, 0.4) is 0 Å². The summed E-state index contributed by atoms with van der Waals surface area (Å²) in [6.45, 7) is 1.88. The standard InChI is InChI=1S/C18H16N2O3S/c1-13-6-9-15(10-7-13)24(22,23)20-19-12-17-16-5-3-2-4-14(16)8-11-18(17)21/h2-12,20-21H,1H3/b19-12-. The first-order valence-electron chi connectivity index (χ1n) is 7.30. The average molecular weight is 340 g/mol. The number of hydrazone groups is 1. The average Bonchev–Trinajstić information content (AvgIpc) is 2.57. The van der Waals surface area contributed by atoms with Crippen molar-refractivity contribution in [1.29, 1.82) is 0 Å². The van der Waals surface area contributed by atoms with E-state index in [1.54, 1.807) is 24.3 Å². The summed E-state index contributed by atoms with van der Waals surface area (Å²) in [5.74, 6) is 0.0342. The summed E-state index contributed by atoms with van der Waals surface area (Å²) in [6, 6.07) is 17.3. The fraction of sp³-hybridized carbons (Fsp3) is 0.0556. The Morgan fingerprint density at radius 3 is 2.46 bits per heavy atom. The van der Waals surface area contributed by atoms with Gasteiger partial charge in [-0.25, -0.2) is 4.83 Å². The molecule has 3 rings (SSSR count). The fourth-order valence-corrected chi connectivity index (χ4v) is 3.14. The lowest BCUT2D eigenvalue weighted by Gasteiger charge is -2.06. The van der Waals surface area contributed by atoms with Crippen LogP contribution < -0.4 is 4.83 Å². The highest BCUT2D eigenvalue weighted by Gasteiger charge is 2.12. The van der Waals surface area contributed by atoms with Crippen LogP contribution in [0.2, 0.25) is 0 Å². The molecule has 24 heavy (non-hydrogen) atoms. The third-order valence-electron chi connectivity index (χ3n) is 3.65. The van der Waals surface area contributed by atoms with Crippen molar-refractivity contribution >= 4 is 27.0 Å². The minimum absolute atomic E-state index is 0.0342. The number of fused-ring (bicyclic) bond motifs is 1. The molecule has 0 bridgehead atoms. The van der Waals surface area contributed by atoms with Crippen LogP contribution in [0.1, 0.15) is 11.1 Å². The number of benzene rings is 3. The van der Waals surface area contributed by atoms with Gasteiger partial charge in [-0.2, -0.15) is 13.5 Å². The van der Waals surface area contributed by atoms with Gasteiger partial charge in [0, 0.05) is 5.56 Å². The molecule has 0 atom stereocenters. The van der Waals surface area contributed by atoms with E-state index in [1.165, 1.54) is 18.3 Å². The maximum Gasteiger partial charge on any atom is 0.276 e. The molecule has 2 N–H and O–H groups in total. The van der Waals surface area contributed by atoms with Crippen molar-refractivity contribution in [2.75, 3.05) is 0 Å². The molecule has 0 radical (unpaired) electrons. The van der Waals surface area contributed by atoms with Gasteiger partial charge in [0.25, 0.3) is 10.0 Å². The summed E-state index contributed by atoms with van der Waals surface area (Å²) >= 11 is 0. The Bertz CT molecular complexity index is 1010. The van der Waals surface area contributed by atoms with Crippen molar-refractivity contribution in [3.05, 3.63) is 71.8 Å². The van der Waals surface area contributed by atoms with E-state index in [4.69, 9.17) is 0 Å². The zero-order chi connectivity index (χ0) is 17.2. The highest BCUT2D eigenvalue weighted by molar-refractivity contribution is 7.89.